The highest BCUT2D eigenvalue weighted by Gasteiger charge is 2.16. The first kappa shape index (κ1) is 16.2. The molecule has 1 aliphatic rings. The van der Waals surface area contributed by atoms with Crippen LogP contribution in [0.1, 0.15) is 0 Å². The maximum Gasteiger partial charge on any atom is 0.162 e. The minimum Gasteiger partial charge on any atom is -0.486 e. The number of benzene rings is 1. The van der Waals surface area contributed by atoms with Gasteiger partial charge in [0.15, 0.2) is 11.5 Å². The summed E-state index contributed by atoms with van der Waals surface area (Å²) in [4.78, 5) is 0.634. The summed E-state index contributed by atoms with van der Waals surface area (Å²) in [6.45, 7) is 2.65. The van der Waals surface area contributed by atoms with Crippen LogP contribution in [0.3, 0.4) is 0 Å². The molecule has 118 valence electrons. The van der Waals surface area contributed by atoms with Gasteiger partial charge < -0.3 is 24.6 Å². The molecule has 1 aromatic rings. The zero-order valence-corrected chi connectivity index (χ0v) is 12.9. The van der Waals surface area contributed by atoms with E-state index in [1.807, 2.05) is 0 Å². The van der Waals surface area contributed by atoms with Crippen LogP contribution in [0, 0.1) is 0 Å². The molecule has 0 aliphatic carbocycles. The topological polar surface area (TPSA) is 77.0 Å². The van der Waals surface area contributed by atoms with Gasteiger partial charge in [0, 0.05) is 31.2 Å². The number of nitrogens with one attached hydrogen (secondary N) is 1. The molecule has 0 saturated carbocycles. The van der Waals surface area contributed by atoms with Crippen molar-refractivity contribution >= 4 is 10.8 Å². The van der Waals surface area contributed by atoms with Crippen LogP contribution < -0.4 is 14.8 Å². The van der Waals surface area contributed by atoms with E-state index in [2.05, 4.69) is 5.32 Å². The fraction of sp³-hybridized carbons (Fsp3) is 0.571. The van der Waals surface area contributed by atoms with Gasteiger partial charge in [-0.05, 0) is 12.1 Å². The molecule has 7 heteroatoms. The summed E-state index contributed by atoms with van der Waals surface area (Å²) in [6.07, 6.45) is -0.670. The third-order valence-corrected chi connectivity index (χ3v) is 4.45. The fourth-order valence-corrected chi connectivity index (χ4v) is 3.06. The van der Waals surface area contributed by atoms with E-state index in [-0.39, 0.29) is 5.75 Å². The standard InChI is InChI=1S/C14H21NO5S/c1-18-5-4-15-9-11(16)10-21(17)12-2-3-13-14(8-12)20-7-6-19-13/h2-3,8,11,15-16H,4-7,9-10H2,1H3. The molecule has 2 rings (SSSR count). The third kappa shape index (κ3) is 4.96. The molecule has 0 saturated heterocycles. The number of fused-ring (bicyclic) bond motifs is 1. The number of rotatable bonds is 8. The number of aliphatic hydroxyl groups is 1. The van der Waals surface area contributed by atoms with Crippen molar-refractivity contribution < 1.29 is 23.5 Å². The highest BCUT2D eigenvalue weighted by molar-refractivity contribution is 7.85. The first-order chi connectivity index (χ1) is 10.2. The van der Waals surface area contributed by atoms with Crippen molar-refractivity contribution in [3.05, 3.63) is 18.2 Å². The van der Waals surface area contributed by atoms with E-state index in [0.717, 1.165) is 0 Å². The summed E-state index contributed by atoms with van der Waals surface area (Å²) < 4.78 is 28.0. The Morgan fingerprint density at radius 2 is 2.14 bits per heavy atom. The molecule has 2 atom stereocenters. The van der Waals surface area contributed by atoms with E-state index in [4.69, 9.17) is 14.2 Å². The van der Waals surface area contributed by atoms with Gasteiger partial charge in [0.25, 0.3) is 0 Å². The average Bonchev–Trinajstić information content (AvgIpc) is 2.51. The predicted octanol–water partition coefficient (Wildman–Crippen LogP) is 0.162. The van der Waals surface area contributed by atoms with E-state index < -0.39 is 16.9 Å². The van der Waals surface area contributed by atoms with Gasteiger partial charge >= 0.3 is 0 Å². The maximum atomic E-state index is 12.2. The molecule has 0 amide bonds. The Balaban J connectivity index is 1.85. The van der Waals surface area contributed by atoms with Crippen molar-refractivity contribution in [3.63, 3.8) is 0 Å². The van der Waals surface area contributed by atoms with Crippen LogP contribution in [0.5, 0.6) is 11.5 Å². The number of ether oxygens (including phenoxy) is 3. The Morgan fingerprint density at radius 1 is 1.38 bits per heavy atom. The lowest BCUT2D eigenvalue weighted by Crippen LogP contribution is -2.32. The van der Waals surface area contributed by atoms with Crippen LogP contribution >= 0.6 is 0 Å². The van der Waals surface area contributed by atoms with E-state index in [1.54, 1.807) is 25.3 Å². The highest BCUT2D eigenvalue weighted by Crippen LogP contribution is 2.31. The molecule has 0 aromatic heterocycles. The van der Waals surface area contributed by atoms with Gasteiger partial charge in [-0.15, -0.1) is 0 Å². The van der Waals surface area contributed by atoms with Crippen LogP contribution in [0.4, 0.5) is 0 Å². The second-order valence-electron chi connectivity index (χ2n) is 4.67. The second kappa shape index (κ2) is 8.33. The Kier molecular flexibility index (Phi) is 6.44. The summed E-state index contributed by atoms with van der Waals surface area (Å²) in [5.74, 6) is 1.46. The lowest BCUT2D eigenvalue weighted by atomic mass is 10.3. The zero-order valence-electron chi connectivity index (χ0n) is 12.0. The lowest BCUT2D eigenvalue weighted by Gasteiger charge is -2.19. The highest BCUT2D eigenvalue weighted by atomic mass is 32.2. The van der Waals surface area contributed by atoms with E-state index in [1.165, 1.54) is 0 Å². The number of hydrogen-bond donors (Lipinski definition) is 2. The van der Waals surface area contributed by atoms with E-state index in [0.29, 0.717) is 49.3 Å². The van der Waals surface area contributed by atoms with Crippen LogP contribution in [0.2, 0.25) is 0 Å². The summed E-state index contributed by atoms with van der Waals surface area (Å²) in [5.41, 5.74) is 0. The molecule has 0 fully saturated rings. The zero-order chi connectivity index (χ0) is 15.1. The molecule has 0 radical (unpaired) electrons. The average molecular weight is 315 g/mol. The van der Waals surface area contributed by atoms with Crippen molar-refractivity contribution in [2.75, 3.05) is 45.8 Å². The Bertz CT molecular complexity index is 482. The molecule has 6 nitrogen and oxygen atoms in total. The quantitative estimate of drug-likeness (QED) is 0.666. The van der Waals surface area contributed by atoms with Crippen molar-refractivity contribution in [1.82, 2.24) is 5.32 Å². The molecular weight excluding hydrogens is 294 g/mol. The monoisotopic (exact) mass is 315 g/mol. The summed E-state index contributed by atoms with van der Waals surface area (Å²) in [6, 6.07) is 5.22. The van der Waals surface area contributed by atoms with Gasteiger partial charge in [-0.2, -0.15) is 0 Å². The summed E-state index contributed by atoms with van der Waals surface area (Å²) >= 11 is 0. The third-order valence-electron chi connectivity index (χ3n) is 2.98. The molecule has 1 aliphatic heterocycles. The number of methoxy groups -OCH3 is 1. The molecule has 1 heterocycles. The normalized spacial score (nSPS) is 16.5. The lowest BCUT2D eigenvalue weighted by molar-refractivity contribution is 0.171. The molecule has 21 heavy (non-hydrogen) atoms. The van der Waals surface area contributed by atoms with Crippen molar-refractivity contribution in [3.8, 4) is 11.5 Å². The van der Waals surface area contributed by atoms with Crippen LogP contribution in [0.25, 0.3) is 0 Å². The molecule has 1 aromatic carbocycles. The molecule has 2 N–H and O–H groups in total. The first-order valence-electron chi connectivity index (χ1n) is 6.86. The van der Waals surface area contributed by atoms with Crippen molar-refractivity contribution in [2.45, 2.75) is 11.0 Å². The SMILES string of the molecule is COCCNCC(O)CS(=O)c1ccc2c(c1)OCCO2. The van der Waals surface area contributed by atoms with Gasteiger partial charge in [-0.25, -0.2) is 0 Å². The van der Waals surface area contributed by atoms with Gasteiger partial charge in [0.1, 0.15) is 13.2 Å². The molecule has 2 unspecified atom stereocenters. The smallest absolute Gasteiger partial charge is 0.162 e. The molecule has 0 spiro atoms. The van der Waals surface area contributed by atoms with Gasteiger partial charge in [0.05, 0.1) is 29.3 Å². The van der Waals surface area contributed by atoms with Gasteiger partial charge in [-0.3, -0.25) is 4.21 Å². The minimum absolute atomic E-state index is 0.180. The van der Waals surface area contributed by atoms with Crippen LogP contribution in [-0.4, -0.2) is 61.2 Å². The number of aliphatic hydroxyl groups excluding tert-OH is 1. The maximum absolute atomic E-state index is 12.2. The Morgan fingerprint density at radius 3 is 2.90 bits per heavy atom. The van der Waals surface area contributed by atoms with Crippen molar-refractivity contribution in [2.24, 2.45) is 0 Å². The predicted molar refractivity (Wildman–Crippen MR) is 79.5 cm³/mol. The number of hydrogen-bond acceptors (Lipinski definition) is 6. The fourth-order valence-electron chi connectivity index (χ4n) is 1.94. The summed E-state index contributed by atoms with van der Waals surface area (Å²) in [5, 5.41) is 12.9. The first-order valence-corrected chi connectivity index (χ1v) is 8.18. The van der Waals surface area contributed by atoms with Crippen LogP contribution in [0.15, 0.2) is 23.1 Å². The molecule has 0 bridgehead atoms. The summed E-state index contributed by atoms with van der Waals surface area (Å²) in [7, 11) is 0.345. The molecular formula is C14H21NO5S. The largest absolute Gasteiger partial charge is 0.486 e. The minimum atomic E-state index is -1.28. The van der Waals surface area contributed by atoms with E-state index >= 15 is 0 Å². The van der Waals surface area contributed by atoms with Gasteiger partial charge in [0.2, 0.25) is 0 Å². The Labute approximate surface area is 126 Å². The van der Waals surface area contributed by atoms with Crippen molar-refractivity contribution in [1.29, 1.82) is 0 Å². The Hall–Kier alpha value is -1.15. The van der Waals surface area contributed by atoms with Gasteiger partial charge in [-0.1, -0.05) is 0 Å². The van der Waals surface area contributed by atoms with Crippen LogP contribution in [-0.2, 0) is 15.5 Å². The van der Waals surface area contributed by atoms with E-state index in [9.17, 15) is 9.32 Å². The second-order valence-corrected chi connectivity index (χ2v) is 6.16.